The van der Waals surface area contributed by atoms with Crippen LogP contribution < -0.4 is 4.74 Å². The molecule has 0 spiro atoms. The van der Waals surface area contributed by atoms with Crippen molar-refractivity contribution < 1.29 is 19.5 Å². The summed E-state index contributed by atoms with van der Waals surface area (Å²) in [5.74, 6) is -0.795. The summed E-state index contributed by atoms with van der Waals surface area (Å²) in [4.78, 5) is 15.6. The Hall–Kier alpha value is -2.08. The van der Waals surface area contributed by atoms with Crippen molar-refractivity contribution in [1.29, 1.82) is 5.41 Å². The summed E-state index contributed by atoms with van der Waals surface area (Å²) in [6.07, 6.45) is 0. The van der Waals surface area contributed by atoms with Crippen LogP contribution in [0.3, 0.4) is 0 Å². The Morgan fingerprint density at radius 3 is 2.83 bits per heavy atom. The molecule has 0 bridgehead atoms. The average molecular weight is 271 g/mol. The van der Waals surface area contributed by atoms with Crippen LogP contribution in [0.4, 0.5) is 0 Å². The summed E-state index contributed by atoms with van der Waals surface area (Å²) in [7, 11) is 0. The molecule has 18 heavy (non-hydrogen) atoms. The molecule has 96 valence electrons. The van der Waals surface area contributed by atoms with Crippen molar-refractivity contribution in [3.8, 4) is 11.5 Å². The van der Waals surface area contributed by atoms with Crippen molar-refractivity contribution in [2.24, 2.45) is 5.16 Å². The molecule has 0 unspecified atom stereocenters. The van der Waals surface area contributed by atoms with E-state index in [1.54, 1.807) is 0 Å². The van der Waals surface area contributed by atoms with Gasteiger partial charge in [-0.1, -0.05) is 16.8 Å². The number of phenols is 1. The molecule has 2 N–H and O–H groups in total. The molecule has 0 heterocycles. The maximum absolute atomic E-state index is 11.1. The Morgan fingerprint density at radius 1 is 1.61 bits per heavy atom. The Morgan fingerprint density at radius 2 is 2.28 bits per heavy atom. The van der Waals surface area contributed by atoms with Gasteiger partial charge in [-0.3, -0.25) is 10.2 Å². The molecule has 0 atom stereocenters. The number of rotatable bonds is 5. The SMILES string of the molecule is C=NOC(=N)COc1ccc(C(C)=O)c(O)c1Cl. The van der Waals surface area contributed by atoms with Crippen molar-refractivity contribution in [2.45, 2.75) is 6.92 Å². The molecular formula is C11H11ClN2O4. The molecule has 0 aliphatic heterocycles. The van der Waals surface area contributed by atoms with Crippen molar-refractivity contribution in [3.05, 3.63) is 22.7 Å². The standard InChI is InChI=1S/C11H11ClN2O4/c1-6(15)7-3-4-8(10(12)11(7)16)17-5-9(13)18-14-2/h3-4,13,16H,2,5H2,1H3. The summed E-state index contributed by atoms with van der Waals surface area (Å²) in [6.45, 7) is 4.13. The highest BCUT2D eigenvalue weighted by Gasteiger charge is 2.15. The highest BCUT2D eigenvalue weighted by molar-refractivity contribution is 6.34. The van der Waals surface area contributed by atoms with Crippen molar-refractivity contribution in [3.63, 3.8) is 0 Å². The Labute approximate surface area is 108 Å². The van der Waals surface area contributed by atoms with Gasteiger partial charge in [-0.15, -0.1) is 0 Å². The van der Waals surface area contributed by atoms with Crippen LogP contribution in [0.2, 0.25) is 5.02 Å². The van der Waals surface area contributed by atoms with E-state index < -0.39 is 0 Å². The number of phenolic OH excluding ortho intramolecular Hbond substituents is 1. The second kappa shape index (κ2) is 6.02. The van der Waals surface area contributed by atoms with Gasteiger partial charge in [0.2, 0.25) is 0 Å². The highest BCUT2D eigenvalue weighted by Crippen LogP contribution is 2.36. The van der Waals surface area contributed by atoms with Crippen LogP contribution in [0.1, 0.15) is 17.3 Å². The predicted molar refractivity (Wildman–Crippen MR) is 67.0 cm³/mol. The van der Waals surface area contributed by atoms with Crippen LogP contribution in [-0.4, -0.2) is 30.1 Å². The Bertz CT molecular complexity index is 502. The molecule has 1 aromatic rings. The largest absolute Gasteiger partial charge is 0.505 e. The molecule has 0 radical (unpaired) electrons. The van der Waals surface area contributed by atoms with Crippen molar-refractivity contribution in [1.82, 2.24) is 0 Å². The molecule has 0 aromatic heterocycles. The van der Waals surface area contributed by atoms with E-state index in [0.29, 0.717) is 0 Å². The molecule has 0 aliphatic rings. The predicted octanol–water partition coefficient (Wildman–Crippen LogP) is 2.24. The number of aromatic hydroxyl groups is 1. The number of ether oxygens (including phenoxy) is 1. The number of halogens is 1. The van der Waals surface area contributed by atoms with Crippen LogP contribution in [0.15, 0.2) is 17.3 Å². The minimum absolute atomic E-state index is 0.0953. The lowest BCUT2D eigenvalue weighted by molar-refractivity contribution is 0.101. The fraction of sp³-hybridized carbons (Fsp3) is 0.182. The fourth-order valence-electron chi connectivity index (χ4n) is 1.19. The van der Waals surface area contributed by atoms with E-state index in [2.05, 4.69) is 16.7 Å². The molecule has 0 aliphatic carbocycles. The van der Waals surface area contributed by atoms with Gasteiger partial charge in [0.05, 0.1) is 5.56 Å². The normalized spacial score (nSPS) is 9.67. The quantitative estimate of drug-likeness (QED) is 0.371. The third kappa shape index (κ3) is 3.21. The number of hydrogen-bond donors (Lipinski definition) is 2. The summed E-state index contributed by atoms with van der Waals surface area (Å²) in [5.41, 5.74) is 0.103. The van der Waals surface area contributed by atoms with Gasteiger partial charge in [0.15, 0.2) is 12.4 Å². The second-order valence-electron chi connectivity index (χ2n) is 3.26. The third-order valence-electron chi connectivity index (χ3n) is 1.99. The van der Waals surface area contributed by atoms with E-state index in [-0.39, 0.29) is 40.4 Å². The van der Waals surface area contributed by atoms with E-state index in [0.717, 1.165) is 0 Å². The lowest BCUT2D eigenvalue weighted by Crippen LogP contribution is -2.11. The van der Waals surface area contributed by atoms with Gasteiger partial charge in [0.1, 0.15) is 16.5 Å². The number of ketones is 1. The molecular weight excluding hydrogens is 260 g/mol. The number of nitrogens with one attached hydrogen (secondary N) is 1. The molecule has 0 fully saturated rings. The monoisotopic (exact) mass is 270 g/mol. The number of hydrogen-bond acceptors (Lipinski definition) is 6. The van der Waals surface area contributed by atoms with E-state index in [9.17, 15) is 9.90 Å². The average Bonchev–Trinajstić information content (AvgIpc) is 2.31. The first-order valence-corrected chi connectivity index (χ1v) is 5.20. The second-order valence-corrected chi connectivity index (χ2v) is 3.64. The summed E-state index contributed by atoms with van der Waals surface area (Å²) in [5, 5.41) is 19.9. The van der Waals surface area contributed by atoms with Crippen LogP contribution in [0.5, 0.6) is 11.5 Å². The first-order chi connectivity index (χ1) is 8.47. The maximum Gasteiger partial charge on any atom is 0.255 e. The number of oxime groups is 1. The van der Waals surface area contributed by atoms with E-state index in [1.807, 2.05) is 0 Å². The Balaban J connectivity index is 2.86. The fourth-order valence-corrected chi connectivity index (χ4v) is 1.41. The summed E-state index contributed by atoms with van der Waals surface area (Å²) < 4.78 is 5.13. The molecule has 7 heteroatoms. The van der Waals surface area contributed by atoms with Gasteiger partial charge in [0, 0.05) is 6.72 Å². The summed E-state index contributed by atoms with van der Waals surface area (Å²) >= 11 is 5.83. The van der Waals surface area contributed by atoms with Crippen LogP contribution in [0.25, 0.3) is 0 Å². The van der Waals surface area contributed by atoms with E-state index in [1.165, 1.54) is 19.1 Å². The first kappa shape index (κ1) is 14.0. The lowest BCUT2D eigenvalue weighted by Gasteiger charge is -2.10. The minimum atomic E-state index is -0.351. The number of nitrogens with zero attached hydrogens (tertiary/aromatic N) is 1. The number of benzene rings is 1. The minimum Gasteiger partial charge on any atom is -0.505 e. The number of Topliss-reactive ketones (excluding diaryl/α,β-unsaturated/α-hetero) is 1. The molecule has 0 saturated heterocycles. The van der Waals surface area contributed by atoms with Crippen LogP contribution >= 0.6 is 11.6 Å². The topological polar surface area (TPSA) is 92.0 Å². The lowest BCUT2D eigenvalue weighted by atomic mass is 10.1. The molecule has 0 saturated carbocycles. The highest BCUT2D eigenvalue weighted by atomic mass is 35.5. The first-order valence-electron chi connectivity index (χ1n) is 4.83. The van der Waals surface area contributed by atoms with E-state index >= 15 is 0 Å². The maximum atomic E-state index is 11.1. The van der Waals surface area contributed by atoms with Crippen LogP contribution in [-0.2, 0) is 4.84 Å². The molecule has 0 amide bonds. The molecule has 1 rings (SSSR count). The zero-order chi connectivity index (χ0) is 13.7. The Kier molecular flexibility index (Phi) is 4.67. The van der Waals surface area contributed by atoms with Gasteiger partial charge in [0.25, 0.3) is 5.90 Å². The van der Waals surface area contributed by atoms with Gasteiger partial charge < -0.3 is 14.7 Å². The molecule has 1 aromatic carbocycles. The molecule has 6 nitrogen and oxygen atoms in total. The number of carbonyl (C=O) groups excluding carboxylic acids is 1. The van der Waals surface area contributed by atoms with E-state index in [4.69, 9.17) is 21.7 Å². The zero-order valence-corrected chi connectivity index (χ0v) is 10.3. The van der Waals surface area contributed by atoms with Gasteiger partial charge >= 0.3 is 0 Å². The van der Waals surface area contributed by atoms with Gasteiger partial charge in [-0.25, -0.2) is 0 Å². The van der Waals surface area contributed by atoms with Gasteiger partial charge in [-0.2, -0.15) is 0 Å². The van der Waals surface area contributed by atoms with Gasteiger partial charge in [-0.05, 0) is 19.1 Å². The zero-order valence-electron chi connectivity index (χ0n) is 9.57. The number of carbonyl (C=O) groups is 1. The van der Waals surface area contributed by atoms with Crippen molar-refractivity contribution in [2.75, 3.05) is 6.61 Å². The third-order valence-corrected chi connectivity index (χ3v) is 2.36. The smallest absolute Gasteiger partial charge is 0.255 e. The van der Waals surface area contributed by atoms with Crippen LogP contribution in [0, 0.1) is 5.41 Å². The summed E-state index contributed by atoms with van der Waals surface area (Å²) in [6, 6.07) is 2.81. The van der Waals surface area contributed by atoms with Crippen molar-refractivity contribution >= 4 is 30.0 Å².